The van der Waals surface area contributed by atoms with Crippen molar-refractivity contribution in [1.82, 2.24) is 0 Å². The second kappa shape index (κ2) is 5.76. The van der Waals surface area contributed by atoms with Crippen molar-refractivity contribution in [1.29, 1.82) is 0 Å². The van der Waals surface area contributed by atoms with Crippen molar-refractivity contribution in [2.24, 2.45) is 0 Å². The third-order valence-corrected chi connectivity index (χ3v) is 3.49. The first-order valence-electron chi connectivity index (χ1n) is 5.64. The Bertz CT molecular complexity index is 602. The Hall–Kier alpha value is -1.32. The molecule has 1 unspecified atom stereocenters. The maximum Gasteiger partial charge on any atom is 0.160 e. The molecule has 0 aliphatic carbocycles. The summed E-state index contributed by atoms with van der Waals surface area (Å²) in [7, 11) is 0. The fraction of sp³-hybridized carbons (Fsp3) is 0.143. The van der Waals surface area contributed by atoms with E-state index in [1.165, 1.54) is 6.07 Å². The minimum atomic E-state index is -0.883. The van der Waals surface area contributed by atoms with Crippen LogP contribution in [0.2, 0.25) is 10.0 Å². The largest absolute Gasteiger partial charge is 0.378 e. The van der Waals surface area contributed by atoms with Crippen molar-refractivity contribution in [2.75, 3.05) is 5.32 Å². The molecule has 0 bridgehead atoms. The lowest BCUT2D eigenvalue weighted by atomic mass is 10.1. The van der Waals surface area contributed by atoms with Gasteiger partial charge in [0.1, 0.15) is 0 Å². The molecule has 0 amide bonds. The van der Waals surface area contributed by atoms with E-state index in [1.807, 2.05) is 13.0 Å². The van der Waals surface area contributed by atoms with Gasteiger partial charge < -0.3 is 5.32 Å². The Morgan fingerprint density at radius 2 is 1.68 bits per heavy atom. The molecule has 2 aromatic rings. The Morgan fingerprint density at radius 3 is 2.32 bits per heavy atom. The van der Waals surface area contributed by atoms with Gasteiger partial charge in [0, 0.05) is 17.8 Å². The molecule has 0 aromatic heterocycles. The molecule has 1 N–H and O–H groups in total. The van der Waals surface area contributed by atoms with Gasteiger partial charge in [-0.15, -0.1) is 0 Å². The van der Waals surface area contributed by atoms with E-state index >= 15 is 0 Å². The normalized spacial score (nSPS) is 12.3. The van der Waals surface area contributed by atoms with Crippen LogP contribution in [-0.4, -0.2) is 0 Å². The second-order valence-corrected chi connectivity index (χ2v) is 4.98. The molecule has 0 spiro atoms. The van der Waals surface area contributed by atoms with Gasteiger partial charge in [0.2, 0.25) is 0 Å². The molecule has 0 heterocycles. The fourth-order valence-corrected chi connectivity index (χ4v) is 2.01. The van der Waals surface area contributed by atoms with Gasteiger partial charge in [-0.05, 0) is 36.8 Å². The average Bonchev–Trinajstić information content (AvgIpc) is 2.37. The van der Waals surface area contributed by atoms with Gasteiger partial charge in [0.15, 0.2) is 11.6 Å². The van der Waals surface area contributed by atoms with Crippen molar-refractivity contribution < 1.29 is 8.78 Å². The van der Waals surface area contributed by atoms with Crippen molar-refractivity contribution in [3.63, 3.8) is 0 Å². The molecule has 0 aliphatic heterocycles. The summed E-state index contributed by atoms with van der Waals surface area (Å²) >= 11 is 11.8. The van der Waals surface area contributed by atoms with Gasteiger partial charge >= 0.3 is 0 Å². The molecule has 2 aromatic carbocycles. The summed E-state index contributed by atoms with van der Waals surface area (Å²) in [6, 6.07) is 8.82. The number of rotatable bonds is 3. The number of nitrogens with one attached hydrogen (secondary N) is 1. The zero-order valence-electron chi connectivity index (χ0n) is 10.1. The minimum absolute atomic E-state index is 0.111. The van der Waals surface area contributed by atoms with Gasteiger partial charge in [-0.3, -0.25) is 0 Å². The van der Waals surface area contributed by atoms with E-state index in [0.717, 1.165) is 17.7 Å². The zero-order chi connectivity index (χ0) is 14.0. The molecule has 0 aliphatic rings. The SMILES string of the molecule is CC(Nc1ccc(F)c(F)c1)c1ccc(Cl)c(Cl)c1. The van der Waals surface area contributed by atoms with E-state index in [9.17, 15) is 8.78 Å². The first-order chi connectivity index (χ1) is 8.97. The van der Waals surface area contributed by atoms with Gasteiger partial charge in [-0.1, -0.05) is 29.3 Å². The van der Waals surface area contributed by atoms with Crippen LogP contribution < -0.4 is 5.32 Å². The monoisotopic (exact) mass is 301 g/mol. The highest BCUT2D eigenvalue weighted by atomic mass is 35.5. The van der Waals surface area contributed by atoms with E-state index in [4.69, 9.17) is 23.2 Å². The summed E-state index contributed by atoms with van der Waals surface area (Å²) < 4.78 is 25.9. The van der Waals surface area contributed by atoms with Gasteiger partial charge in [-0.25, -0.2) is 8.78 Å². The highest BCUT2D eigenvalue weighted by molar-refractivity contribution is 6.42. The van der Waals surface area contributed by atoms with E-state index < -0.39 is 11.6 Å². The number of halogens is 4. The summed E-state index contributed by atoms with van der Waals surface area (Å²) in [5, 5.41) is 4.00. The molecule has 0 fully saturated rings. The lowest BCUT2D eigenvalue weighted by Gasteiger charge is -2.16. The minimum Gasteiger partial charge on any atom is -0.378 e. The predicted molar refractivity (Wildman–Crippen MR) is 74.9 cm³/mol. The average molecular weight is 302 g/mol. The molecule has 0 saturated carbocycles. The van der Waals surface area contributed by atoms with Crippen LogP contribution >= 0.6 is 23.2 Å². The number of hydrogen-bond donors (Lipinski definition) is 1. The van der Waals surface area contributed by atoms with Crippen molar-refractivity contribution in [3.05, 3.63) is 63.6 Å². The van der Waals surface area contributed by atoms with Gasteiger partial charge in [0.25, 0.3) is 0 Å². The molecule has 0 radical (unpaired) electrons. The van der Waals surface area contributed by atoms with Crippen molar-refractivity contribution >= 4 is 28.9 Å². The zero-order valence-corrected chi connectivity index (χ0v) is 11.6. The molecule has 19 heavy (non-hydrogen) atoms. The van der Waals surface area contributed by atoms with E-state index in [0.29, 0.717) is 15.7 Å². The van der Waals surface area contributed by atoms with Crippen molar-refractivity contribution in [3.8, 4) is 0 Å². The fourth-order valence-electron chi connectivity index (χ4n) is 1.70. The summed E-state index contributed by atoms with van der Waals surface area (Å²) in [5.41, 5.74) is 1.40. The maximum absolute atomic E-state index is 13.1. The molecular formula is C14H11Cl2F2N. The summed E-state index contributed by atoms with van der Waals surface area (Å²) in [6.07, 6.45) is 0. The molecular weight excluding hydrogens is 291 g/mol. The molecule has 100 valence electrons. The number of hydrogen-bond acceptors (Lipinski definition) is 1. The predicted octanol–water partition coefficient (Wildman–Crippen LogP) is 5.44. The first kappa shape index (κ1) is 14.1. The number of anilines is 1. The Morgan fingerprint density at radius 1 is 0.947 bits per heavy atom. The lowest BCUT2D eigenvalue weighted by Crippen LogP contribution is -2.07. The topological polar surface area (TPSA) is 12.0 Å². The highest BCUT2D eigenvalue weighted by Gasteiger charge is 2.09. The second-order valence-electron chi connectivity index (χ2n) is 4.17. The standard InChI is InChI=1S/C14H11Cl2F2N/c1-8(9-2-4-11(15)12(16)6-9)19-10-3-5-13(17)14(18)7-10/h2-8,19H,1H3. The highest BCUT2D eigenvalue weighted by Crippen LogP contribution is 2.27. The third-order valence-electron chi connectivity index (χ3n) is 2.75. The summed E-state index contributed by atoms with van der Waals surface area (Å²) in [6.45, 7) is 1.89. The number of benzene rings is 2. The lowest BCUT2D eigenvalue weighted by molar-refractivity contribution is 0.509. The summed E-state index contributed by atoms with van der Waals surface area (Å²) in [4.78, 5) is 0. The Labute approximate surface area is 120 Å². The smallest absolute Gasteiger partial charge is 0.160 e. The quantitative estimate of drug-likeness (QED) is 0.795. The van der Waals surface area contributed by atoms with Crippen LogP contribution in [0, 0.1) is 11.6 Å². The van der Waals surface area contributed by atoms with Crippen LogP contribution in [0.15, 0.2) is 36.4 Å². The van der Waals surface area contributed by atoms with E-state index in [2.05, 4.69) is 5.32 Å². The third kappa shape index (κ3) is 3.37. The van der Waals surface area contributed by atoms with Crippen LogP contribution in [0.4, 0.5) is 14.5 Å². The maximum atomic E-state index is 13.1. The van der Waals surface area contributed by atoms with Gasteiger partial charge in [-0.2, -0.15) is 0 Å². The molecule has 1 atom stereocenters. The molecule has 1 nitrogen and oxygen atoms in total. The van der Waals surface area contributed by atoms with Crippen LogP contribution in [0.1, 0.15) is 18.5 Å². The van der Waals surface area contributed by atoms with Crippen LogP contribution in [-0.2, 0) is 0 Å². The molecule has 5 heteroatoms. The first-order valence-corrected chi connectivity index (χ1v) is 6.39. The van der Waals surface area contributed by atoms with Crippen LogP contribution in [0.25, 0.3) is 0 Å². The Balaban J connectivity index is 2.17. The molecule has 2 rings (SSSR count). The summed E-state index contributed by atoms with van der Waals surface area (Å²) in [5.74, 6) is -1.75. The van der Waals surface area contributed by atoms with Crippen LogP contribution in [0.5, 0.6) is 0 Å². The van der Waals surface area contributed by atoms with E-state index in [-0.39, 0.29) is 6.04 Å². The Kier molecular flexibility index (Phi) is 4.27. The van der Waals surface area contributed by atoms with Crippen LogP contribution in [0.3, 0.4) is 0 Å². The molecule has 0 saturated heterocycles. The van der Waals surface area contributed by atoms with Crippen molar-refractivity contribution in [2.45, 2.75) is 13.0 Å². The van der Waals surface area contributed by atoms with E-state index in [1.54, 1.807) is 12.1 Å². The van der Waals surface area contributed by atoms with Gasteiger partial charge in [0.05, 0.1) is 10.0 Å².